The molecule has 0 atom stereocenters. The van der Waals surface area contributed by atoms with E-state index in [1.54, 1.807) is 30.2 Å². The van der Waals surface area contributed by atoms with Crippen LogP contribution in [-0.2, 0) is 19.0 Å². The van der Waals surface area contributed by atoms with Crippen LogP contribution in [0, 0.1) is 6.92 Å². The summed E-state index contributed by atoms with van der Waals surface area (Å²) >= 11 is 0. The highest BCUT2D eigenvalue weighted by molar-refractivity contribution is 5.79. The first-order valence-electron chi connectivity index (χ1n) is 11.3. The lowest BCUT2D eigenvalue weighted by Crippen LogP contribution is -2.32. The molecule has 0 radical (unpaired) electrons. The van der Waals surface area contributed by atoms with Crippen molar-refractivity contribution in [3.63, 3.8) is 0 Å². The van der Waals surface area contributed by atoms with Gasteiger partial charge >= 0.3 is 6.03 Å². The Balaban J connectivity index is 1.83. The van der Waals surface area contributed by atoms with E-state index in [2.05, 4.69) is 31.1 Å². The summed E-state index contributed by atoms with van der Waals surface area (Å²) in [6.07, 6.45) is 3.30. The van der Waals surface area contributed by atoms with Gasteiger partial charge in [-0.1, -0.05) is 39.0 Å². The van der Waals surface area contributed by atoms with E-state index < -0.39 is 6.03 Å². The van der Waals surface area contributed by atoms with E-state index in [1.165, 1.54) is 4.57 Å². The number of nitrogens with zero attached hydrogens (tertiary/aromatic N) is 3. The van der Waals surface area contributed by atoms with Crippen molar-refractivity contribution in [3.8, 4) is 16.8 Å². The van der Waals surface area contributed by atoms with Gasteiger partial charge in [-0.15, -0.1) is 0 Å². The first-order chi connectivity index (χ1) is 16.5. The zero-order valence-corrected chi connectivity index (χ0v) is 20.5. The maximum absolute atomic E-state index is 13.4. The van der Waals surface area contributed by atoms with Crippen LogP contribution < -0.4 is 22.2 Å². The number of aryl methyl sites for hydroxylation is 1. The number of urea groups is 1. The first-order valence-corrected chi connectivity index (χ1v) is 11.3. The monoisotopic (exact) mass is 471 g/mol. The number of rotatable bonds is 4. The summed E-state index contributed by atoms with van der Waals surface area (Å²) in [5.41, 5.74) is 10.1. The largest absolute Gasteiger partial charge is 0.352 e. The van der Waals surface area contributed by atoms with Gasteiger partial charge in [0.15, 0.2) is 0 Å². The highest BCUT2D eigenvalue weighted by atomic mass is 16.2. The molecule has 0 saturated carbocycles. The number of hydrogen-bond donors (Lipinski definition) is 2. The van der Waals surface area contributed by atoms with E-state index >= 15 is 0 Å². The quantitative estimate of drug-likeness (QED) is 0.474. The Hall–Kier alpha value is -4.20. The van der Waals surface area contributed by atoms with Crippen LogP contribution in [0.1, 0.15) is 37.5 Å². The van der Waals surface area contributed by atoms with Crippen LogP contribution in [0.25, 0.3) is 27.7 Å². The number of aromatic nitrogens is 3. The summed E-state index contributed by atoms with van der Waals surface area (Å²) in [5, 5.41) is 3.02. The number of hydrogen-bond acceptors (Lipinski definition) is 4. The summed E-state index contributed by atoms with van der Waals surface area (Å²) < 4.78 is 3.02. The summed E-state index contributed by atoms with van der Waals surface area (Å²) in [5.74, 6) is 0. The van der Waals surface area contributed by atoms with Crippen molar-refractivity contribution in [2.45, 2.75) is 39.7 Å². The Morgan fingerprint density at radius 1 is 1.09 bits per heavy atom. The van der Waals surface area contributed by atoms with E-state index in [4.69, 9.17) is 5.73 Å². The Morgan fingerprint density at radius 2 is 1.83 bits per heavy atom. The molecule has 0 aliphatic rings. The number of pyridine rings is 1. The van der Waals surface area contributed by atoms with E-state index in [1.807, 2.05) is 43.3 Å². The third kappa shape index (κ3) is 4.59. The number of carbonyl (C=O) groups is 1. The molecule has 4 rings (SSSR count). The van der Waals surface area contributed by atoms with Crippen LogP contribution >= 0.6 is 0 Å². The van der Waals surface area contributed by atoms with Crippen molar-refractivity contribution in [1.82, 2.24) is 19.4 Å². The van der Waals surface area contributed by atoms with Crippen LogP contribution in [0.2, 0.25) is 0 Å². The fourth-order valence-corrected chi connectivity index (χ4v) is 4.19. The highest BCUT2D eigenvalue weighted by Gasteiger charge is 2.17. The predicted molar refractivity (Wildman–Crippen MR) is 138 cm³/mol. The number of primary amides is 1. The van der Waals surface area contributed by atoms with E-state index in [9.17, 15) is 14.4 Å². The minimum absolute atomic E-state index is 0.0270. The molecule has 0 unspecified atom stereocenters. The molecule has 4 aromatic rings. The molecule has 180 valence electrons. The Labute approximate surface area is 203 Å². The van der Waals surface area contributed by atoms with Gasteiger partial charge in [0.25, 0.3) is 11.1 Å². The molecule has 2 aromatic carbocycles. The van der Waals surface area contributed by atoms with Crippen molar-refractivity contribution in [1.29, 1.82) is 0 Å². The van der Waals surface area contributed by atoms with Crippen molar-refractivity contribution < 1.29 is 4.79 Å². The molecular weight excluding hydrogens is 442 g/mol. The minimum Gasteiger partial charge on any atom is -0.352 e. The second-order valence-electron chi connectivity index (χ2n) is 9.74. The molecule has 0 saturated heterocycles. The van der Waals surface area contributed by atoms with E-state index in [0.717, 1.165) is 22.3 Å². The molecule has 0 fully saturated rings. The topological polar surface area (TPSA) is 112 Å². The summed E-state index contributed by atoms with van der Waals surface area (Å²) in [6, 6.07) is 12.5. The fourth-order valence-electron chi connectivity index (χ4n) is 4.19. The zero-order chi connectivity index (χ0) is 25.5. The lowest BCUT2D eigenvalue weighted by Gasteiger charge is -2.19. The molecule has 0 bridgehead atoms. The van der Waals surface area contributed by atoms with Crippen molar-refractivity contribution in [2.24, 2.45) is 12.8 Å². The van der Waals surface area contributed by atoms with Gasteiger partial charge in [0, 0.05) is 25.4 Å². The summed E-state index contributed by atoms with van der Waals surface area (Å²) in [7, 11) is 1.66. The Bertz CT molecular complexity index is 1580. The third-order valence-electron chi connectivity index (χ3n) is 6.21. The molecule has 3 N–H and O–H groups in total. The second-order valence-corrected chi connectivity index (χ2v) is 9.74. The number of carbonyl (C=O) groups excluding carboxylic acids is 1. The Morgan fingerprint density at radius 3 is 2.51 bits per heavy atom. The average Bonchev–Trinajstić information content (AvgIpc) is 2.80. The van der Waals surface area contributed by atoms with Gasteiger partial charge in [0.05, 0.1) is 16.6 Å². The summed E-state index contributed by atoms with van der Waals surface area (Å²) in [4.78, 5) is 41.6. The lowest BCUT2D eigenvalue weighted by atomic mass is 9.86. The van der Waals surface area contributed by atoms with E-state index in [0.29, 0.717) is 22.2 Å². The number of amides is 2. The first kappa shape index (κ1) is 23.9. The molecule has 35 heavy (non-hydrogen) atoms. The SMILES string of the molecule is Cc1c(-c2cc(CNC(N)=O)c(=O)n(C)c2)cccc1-n1cnc2cc(C(C)(C)C)ccc2c1=O. The number of nitrogens with two attached hydrogens (primary N) is 1. The van der Waals surface area contributed by atoms with Crippen molar-refractivity contribution in [2.75, 3.05) is 0 Å². The number of nitrogens with one attached hydrogen (secondary N) is 1. The predicted octanol–water partition coefficient (Wildman–Crippen LogP) is 3.53. The number of fused-ring (bicyclic) bond motifs is 1. The van der Waals surface area contributed by atoms with Crippen molar-refractivity contribution in [3.05, 3.63) is 92.4 Å². The van der Waals surface area contributed by atoms with Gasteiger partial charge in [-0.25, -0.2) is 9.78 Å². The number of benzene rings is 2. The van der Waals surface area contributed by atoms with Gasteiger partial charge in [-0.3, -0.25) is 14.2 Å². The molecule has 2 aromatic heterocycles. The van der Waals surface area contributed by atoms with Crippen LogP contribution in [-0.4, -0.2) is 20.1 Å². The van der Waals surface area contributed by atoms with Crippen LogP contribution in [0.15, 0.2) is 64.6 Å². The van der Waals surface area contributed by atoms with Crippen LogP contribution in [0.5, 0.6) is 0 Å². The molecule has 0 spiro atoms. The van der Waals surface area contributed by atoms with Gasteiger partial charge in [0.1, 0.15) is 6.33 Å². The smallest absolute Gasteiger partial charge is 0.312 e. The molecule has 8 heteroatoms. The third-order valence-corrected chi connectivity index (χ3v) is 6.21. The minimum atomic E-state index is -0.701. The van der Waals surface area contributed by atoms with Gasteiger partial charge in [0.2, 0.25) is 0 Å². The maximum Gasteiger partial charge on any atom is 0.312 e. The normalized spacial score (nSPS) is 11.6. The molecule has 8 nitrogen and oxygen atoms in total. The van der Waals surface area contributed by atoms with E-state index in [-0.39, 0.29) is 23.1 Å². The van der Waals surface area contributed by atoms with Crippen LogP contribution in [0.3, 0.4) is 0 Å². The van der Waals surface area contributed by atoms with Gasteiger partial charge in [-0.2, -0.15) is 0 Å². The lowest BCUT2D eigenvalue weighted by molar-refractivity contribution is 0.248. The molecule has 2 amide bonds. The fraction of sp³-hybridized carbons (Fsp3) is 0.259. The zero-order valence-electron chi connectivity index (χ0n) is 20.5. The van der Waals surface area contributed by atoms with Gasteiger partial charge < -0.3 is 15.6 Å². The second kappa shape index (κ2) is 8.87. The average molecular weight is 472 g/mol. The standard InChI is InChI=1S/C27H29N5O3/c1-16-20(18-11-17(13-29-26(28)35)24(33)31(5)14-18)7-6-8-23(16)32-15-30-22-12-19(27(2,3)4)9-10-21(22)25(32)34/h6-12,14-15H,13H2,1-5H3,(H3,28,29,35). The maximum atomic E-state index is 13.4. The highest BCUT2D eigenvalue weighted by Crippen LogP contribution is 2.28. The van der Waals surface area contributed by atoms with Crippen LogP contribution in [0.4, 0.5) is 4.79 Å². The Kier molecular flexibility index (Phi) is 6.06. The summed E-state index contributed by atoms with van der Waals surface area (Å²) in [6.45, 7) is 8.33. The molecule has 2 heterocycles. The molecular formula is C27H29N5O3. The van der Waals surface area contributed by atoms with Gasteiger partial charge in [-0.05, 0) is 58.9 Å². The van der Waals surface area contributed by atoms with Crippen molar-refractivity contribution >= 4 is 16.9 Å². The molecule has 0 aliphatic heterocycles. The molecule has 0 aliphatic carbocycles.